The smallest absolute Gasteiger partial charge is 0.323 e. The normalized spacial score (nSPS) is 13.8. The third-order valence-corrected chi connectivity index (χ3v) is 3.36. The maximum atomic E-state index is 11.6. The summed E-state index contributed by atoms with van der Waals surface area (Å²) in [7, 11) is 1.57. The Kier molecular flexibility index (Phi) is 9.72. The predicted molar refractivity (Wildman–Crippen MR) is 71.4 cm³/mol. The van der Waals surface area contributed by atoms with Crippen molar-refractivity contribution in [2.75, 3.05) is 32.6 Å². The Balaban J connectivity index is 3.83. The van der Waals surface area contributed by atoms with Gasteiger partial charge in [0.2, 0.25) is 5.91 Å². The Hall–Kier alpha value is -0.790. The minimum atomic E-state index is -0.691. The fourth-order valence-corrected chi connectivity index (χ4v) is 1.93. The van der Waals surface area contributed by atoms with Gasteiger partial charge in [-0.25, -0.2) is 0 Å². The molecule has 2 unspecified atom stereocenters. The van der Waals surface area contributed by atoms with Crippen molar-refractivity contribution in [1.82, 2.24) is 5.32 Å². The van der Waals surface area contributed by atoms with Gasteiger partial charge in [0, 0.05) is 19.4 Å². The molecule has 0 radical (unpaired) electrons. The second-order valence-corrected chi connectivity index (χ2v) is 4.99. The summed E-state index contributed by atoms with van der Waals surface area (Å²) in [6, 6.07) is -0.691. The Morgan fingerprint density at radius 3 is 2.67 bits per heavy atom. The van der Waals surface area contributed by atoms with Crippen LogP contribution in [0, 0.1) is 0 Å². The summed E-state index contributed by atoms with van der Waals surface area (Å²) in [5.74, 6) is -0.164. The van der Waals surface area contributed by atoms with Gasteiger partial charge in [0.1, 0.15) is 6.04 Å². The average Bonchev–Trinajstić information content (AvgIpc) is 2.35. The third-order valence-electron chi connectivity index (χ3n) is 2.09. The molecule has 1 amide bonds. The van der Waals surface area contributed by atoms with Crippen LogP contribution in [0.4, 0.5) is 0 Å². The molecule has 106 valence electrons. The molecule has 0 rings (SSSR count). The molecule has 0 aromatic carbocycles. The van der Waals surface area contributed by atoms with Gasteiger partial charge in [0.25, 0.3) is 0 Å². The topological polar surface area (TPSA) is 90.7 Å². The molecule has 0 aliphatic heterocycles. The number of amides is 1. The molecular formula is C11H22N2O4S. The van der Waals surface area contributed by atoms with Crippen LogP contribution in [0.2, 0.25) is 0 Å². The van der Waals surface area contributed by atoms with E-state index in [0.717, 1.165) is 0 Å². The second-order valence-electron chi connectivity index (χ2n) is 3.62. The number of nitrogens with two attached hydrogens (primary N) is 1. The predicted octanol–water partition coefficient (Wildman–Crippen LogP) is -0.239. The van der Waals surface area contributed by atoms with Crippen LogP contribution in [0.25, 0.3) is 0 Å². The van der Waals surface area contributed by atoms with E-state index in [0.29, 0.717) is 25.5 Å². The zero-order valence-electron chi connectivity index (χ0n) is 11.1. The van der Waals surface area contributed by atoms with Gasteiger partial charge in [-0.3, -0.25) is 9.59 Å². The van der Waals surface area contributed by atoms with Crippen molar-refractivity contribution in [3.8, 4) is 0 Å². The molecule has 0 fully saturated rings. The van der Waals surface area contributed by atoms with E-state index >= 15 is 0 Å². The first-order valence-corrected chi connectivity index (χ1v) is 6.88. The van der Waals surface area contributed by atoms with Crippen molar-refractivity contribution < 1.29 is 19.1 Å². The minimum Gasteiger partial charge on any atom is -0.465 e. The standard InChI is InChI=1S/C11H22N2O4S/c1-4-17-11(15)9(12)7-18-8(2)10(14)13-5-6-16-3/h8-9H,4-7,12H2,1-3H3,(H,13,14). The van der Waals surface area contributed by atoms with Crippen LogP contribution in [0.3, 0.4) is 0 Å². The molecule has 0 aliphatic carbocycles. The maximum Gasteiger partial charge on any atom is 0.323 e. The largest absolute Gasteiger partial charge is 0.465 e. The first-order valence-electron chi connectivity index (χ1n) is 5.83. The Labute approximate surface area is 112 Å². The summed E-state index contributed by atoms with van der Waals surface area (Å²) in [6.07, 6.45) is 0. The molecule has 18 heavy (non-hydrogen) atoms. The van der Waals surface area contributed by atoms with Crippen molar-refractivity contribution in [3.63, 3.8) is 0 Å². The summed E-state index contributed by atoms with van der Waals surface area (Å²) >= 11 is 1.33. The lowest BCUT2D eigenvalue weighted by Crippen LogP contribution is -2.37. The van der Waals surface area contributed by atoms with Crippen molar-refractivity contribution in [2.45, 2.75) is 25.1 Å². The summed E-state index contributed by atoms with van der Waals surface area (Å²) in [5.41, 5.74) is 5.63. The molecule has 0 aromatic rings. The van der Waals surface area contributed by atoms with E-state index in [9.17, 15) is 9.59 Å². The van der Waals surface area contributed by atoms with Crippen molar-refractivity contribution >= 4 is 23.6 Å². The Morgan fingerprint density at radius 1 is 1.44 bits per heavy atom. The lowest BCUT2D eigenvalue weighted by molar-refractivity contribution is -0.144. The summed E-state index contributed by atoms with van der Waals surface area (Å²) in [4.78, 5) is 22.8. The first-order chi connectivity index (χ1) is 8.52. The van der Waals surface area contributed by atoms with Crippen LogP contribution in [-0.4, -0.2) is 55.8 Å². The van der Waals surface area contributed by atoms with E-state index < -0.39 is 12.0 Å². The van der Waals surface area contributed by atoms with Crippen molar-refractivity contribution in [3.05, 3.63) is 0 Å². The highest BCUT2D eigenvalue weighted by molar-refractivity contribution is 8.00. The number of thioether (sulfide) groups is 1. The van der Waals surface area contributed by atoms with E-state index in [4.69, 9.17) is 15.2 Å². The molecule has 3 N–H and O–H groups in total. The number of ether oxygens (including phenoxy) is 2. The van der Waals surface area contributed by atoms with Gasteiger partial charge in [0.05, 0.1) is 18.5 Å². The lowest BCUT2D eigenvalue weighted by atomic mass is 10.4. The van der Waals surface area contributed by atoms with Crippen LogP contribution < -0.4 is 11.1 Å². The first kappa shape index (κ1) is 17.2. The lowest BCUT2D eigenvalue weighted by Gasteiger charge is -2.14. The zero-order chi connectivity index (χ0) is 14.0. The van der Waals surface area contributed by atoms with Crippen molar-refractivity contribution in [1.29, 1.82) is 0 Å². The van der Waals surface area contributed by atoms with Gasteiger partial charge >= 0.3 is 5.97 Å². The number of hydrogen-bond acceptors (Lipinski definition) is 6. The molecule has 0 bridgehead atoms. The van der Waals surface area contributed by atoms with Crippen LogP contribution >= 0.6 is 11.8 Å². The number of rotatable bonds is 9. The number of carbonyl (C=O) groups excluding carboxylic acids is 2. The van der Waals surface area contributed by atoms with Crippen molar-refractivity contribution in [2.24, 2.45) is 5.73 Å². The highest BCUT2D eigenvalue weighted by atomic mass is 32.2. The highest BCUT2D eigenvalue weighted by Crippen LogP contribution is 2.11. The fourth-order valence-electron chi connectivity index (χ4n) is 1.06. The van der Waals surface area contributed by atoms with E-state index in [1.165, 1.54) is 11.8 Å². The molecule has 0 aliphatic rings. The SMILES string of the molecule is CCOC(=O)C(N)CSC(C)C(=O)NCCOC. The number of hydrogen-bond donors (Lipinski definition) is 2. The second kappa shape index (κ2) is 10.2. The molecule has 6 nitrogen and oxygen atoms in total. The van der Waals surface area contributed by atoms with Crippen LogP contribution in [-0.2, 0) is 19.1 Å². The zero-order valence-corrected chi connectivity index (χ0v) is 11.9. The molecule has 0 spiro atoms. The molecular weight excluding hydrogens is 256 g/mol. The van der Waals surface area contributed by atoms with E-state index in [2.05, 4.69) is 5.32 Å². The molecule has 0 heterocycles. The summed E-state index contributed by atoms with van der Waals surface area (Å²) in [6.45, 7) is 4.76. The molecule has 0 saturated carbocycles. The summed E-state index contributed by atoms with van der Waals surface area (Å²) in [5, 5.41) is 2.46. The maximum absolute atomic E-state index is 11.6. The van der Waals surface area contributed by atoms with Crippen LogP contribution in [0.1, 0.15) is 13.8 Å². The number of nitrogens with one attached hydrogen (secondary N) is 1. The van der Waals surface area contributed by atoms with E-state index in [1.807, 2.05) is 0 Å². The third kappa shape index (κ3) is 7.52. The van der Waals surface area contributed by atoms with Crippen LogP contribution in [0.5, 0.6) is 0 Å². The Bertz CT molecular complexity index is 263. The quantitative estimate of drug-likeness (QED) is 0.447. The van der Waals surface area contributed by atoms with Gasteiger partial charge in [0.15, 0.2) is 0 Å². The van der Waals surface area contributed by atoms with Gasteiger partial charge in [-0.1, -0.05) is 0 Å². The average molecular weight is 278 g/mol. The van der Waals surface area contributed by atoms with Gasteiger partial charge < -0.3 is 20.5 Å². The van der Waals surface area contributed by atoms with E-state index in [-0.39, 0.29) is 11.2 Å². The van der Waals surface area contributed by atoms with Gasteiger partial charge in [-0.15, -0.1) is 11.8 Å². The number of methoxy groups -OCH3 is 1. The Morgan fingerprint density at radius 2 is 2.11 bits per heavy atom. The summed E-state index contributed by atoms with van der Waals surface area (Å²) < 4.78 is 9.61. The van der Waals surface area contributed by atoms with Gasteiger partial charge in [-0.05, 0) is 13.8 Å². The monoisotopic (exact) mass is 278 g/mol. The van der Waals surface area contributed by atoms with Crippen LogP contribution in [0.15, 0.2) is 0 Å². The number of esters is 1. The van der Waals surface area contributed by atoms with Gasteiger partial charge in [-0.2, -0.15) is 0 Å². The number of carbonyl (C=O) groups is 2. The highest BCUT2D eigenvalue weighted by Gasteiger charge is 2.19. The molecule has 0 saturated heterocycles. The molecule has 2 atom stereocenters. The van der Waals surface area contributed by atoms with E-state index in [1.54, 1.807) is 21.0 Å². The molecule has 7 heteroatoms. The molecule has 0 aromatic heterocycles. The fraction of sp³-hybridized carbons (Fsp3) is 0.818. The minimum absolute atomic E-state index is 0.0897.